The predicted molar refractivity (Wildman–Crippen MR) is 113 cm³/mol. The van der Waals surface area contributed by atoms with Gasteiger partial charge >= 0.3 is 0 Å². The summed E-state index contributed by atoms with van der Waals surface area (Å²) >= 11 is 0. The van der Waals surface area contributed by atoms with Gasteiger partial charge in [0.05, 0.1) is 11.4 Å². The number of hydrogen-bond acceptors (Lipinski definition) is 2. The zero-order valence-corrected chi connectivity index (χ0v) is 16.1. The Bertz CT molecular complexity index is 1130. The van der Waals surface area contributed by atoms with Crippen LogP contribution in [0.5, 0.6) is 0 Å². The van der Waals surface area contributed by atoms with Crippen LogP contribution in [0.4, 0.5) is 5.69 Å². The molecule has 0 aliphatic heterocycles. The van der Waals surface area contributed by atoms with Crippen molar-refractivity contribution >= 4 is 17.2 Å². The maximum Gasteiger partial charge on any atom is 0.224 e. The molecule has 0 aliphatic rings. The van der Waals surface area contributed by atoms with Crippen LogP contribution < -0.4 is 5.32 Å². The minimum absolute atomic E-state index is 0.0110. The maximum absolute atomic E-state index is 12.6. The number of carbonyl (C=O) groups excluding carboxylic acids is 1. The van der Waals surface area contributed by atoms with Gasteiger partial charge < -0.3 is 9.72 Å². The number of aromatic nitrogens is 2. The van der Waals surface area contributed by atoms with Crippen LogP contribution in [-0.4, -0.2) is 15.3 Å². The molecule has 0 spiro atoms. The molecule has 0 aliphatic carbocycles. The third kappa shape index (κ3) is 3.67. The quantitative estimate of drug-likeness (QED) is 0.526. The van der Waals surface area contributed by atoms with Gasteiger partial charge in [-0.2, -0.15) is 0 Å². The van der Waals surface area contributed by atoms with E-state index in [-0.39, 0.29) is 5.91 Å². The van der Waals surface area contributed by atoms with Crippen molar-refractivity contribution in [1.82, 2.24) is 9.38 Å². The largest absolute Gasteiger partial charge is 0.326 e. The van der Waals surface area contributed by atoms with Crippen molar-refractivity contribution in [3.05, 3.63) is 89.7 Å². The highest BCUT2D eigenvalue weighted by molar-refractivity contribution is 5.91. The van der Waals surface area contributed by atoms with Gasteiger partial charge in [-0.1, -0.05) is 54.1 Å². The van der Waals surface area contributed by atoms with E-state index in [1.165, 1.54) is 5.56 Å². The number of nitrogens with one attached hydrogen (secondary N) is 1. The first kappa shape index (κ1) is 18.0. The molecule has 2 aromatic carbocycles. The van der Waals surface area contributed by atoms with Gasteiger partial charge in [0.1, 0.15) is 5.65 Å². The molecule has 0 saturated carbocycles. The zero-order valence-electron chi connectivity index (χ0n) is 16.1. The highest BCUT2D eigenvalue weighted by Crippen LogP contribution is 2.25. The van der Waals surface area contributed by atoms with E-state index >= 15 is 0 Å². The van der Waals surface area contributed by atoms with E-state index in [1.807, 2.05) is 61.7 Å². The van der Waals surface area contributed by atoms with Gasteiger partial charge in [0.15, 0.2) is 0 Å². The lowest BCUT2D eigenvalue weighted by atomic mass is 10.1. The van der Waals surface area contributed by atoms with Crippen molar-refractivity contribution in [2.75, 3.05) is 5.32 Å². The molecule has 0 saturated heterocycles. The number of aryl methyl sites for hydroxylation is 3. The SMILES string of the molecule is Cc1ccc(NC(=O)CCc2c(-c3ccccc3)nc3ccccn23)c(C)c1. The molecule has 4 heteroatoms. The molecular formula is C24H23N3O. The minimum atomic E-state index is 0.0110. The first-order valence-electron chi connectivity index (χ1n) is 9.50. The summed E-state index contributed by atoms with van der Waals surface area (Å²) in [6, 6.07) is 22.1. The van der Waals surface area contributed by atoms with Gasteiger partial charge in [-0.05, 0) is 44.0 Å². The number of imidazole rings is 1. The van der Waals surface area contributed by atoms with E-state index in [2.05, 4.69) is 34.8 Å². The van der Waals surface area contributed by atoms with E-state index in [1.54, 1.807) is 0 Å². The second-order valence-corrected chi connectivity index (χ2v) is 7.07. The van der Waals surface area contributed by atoms with Crippen molar-refractivity contribution in [2.45, 2.75) is 26.7 Å². The number of benzene rings is 2. The van der Waals surface area contributed by atoms with E-state index < -0.39 is 0 Å². The van der Waals surface area contributed by atoms with Crippen molar-refractivity contribution in [2.24, 2.45) is 0 Å². The fourth-order valence-corrected chi connectivity index (χ4v) is 3.51. The van der Waals surface area contributed by atoms with Crippen LogP contribution in [-0.2, 0) is 11.2 Å². The van der Waals surface area contributed by atoms with E-state index in [9.17, 15) is 4.79 Å². The average molecular weight is 369 g/mol. The Morgan fingerprint density at radius 1 is 1.00 bits per heavy atom. The van der Waals surface area contributed by atoms with Crippen LogP contribution in [0.2, 0.25) is 0 Å². The Morgan fingerprint density at radius 2 is 1.79 bits per heavy atom. The van der Waals surface area contributed by atoms with Crippen LogP contribution in [0.25, 0.3) is 16.9 Å². The maximum atomic E-state index is 12.6. The monoisotopic (exact) mass is 369 g/mol. The number of carbonyl (C=O) groups is 1. The summed E-state index contributed by atoms with van der Waals surface area (Å²) in [7, 11) is 0. The summed E-state index contributed by atoms with van der Waals surface area (Å²) < 4.78 is 2.08. The van der Waals surface area contributed by atoms with Crippen LogP contribution in [0, 0.1) is 13.8 Å². The van der Waals surface area contributed by atoms with Crippen LogP contribution >= 0.6 is 0 Å². The summed E-state index contributed by atoms with van der Waals surface area (Å²) in [5, 5.41) is 3.04. The Hall–Kier alpha value is -3.40. The van der Waals surface area contributed by atoms with E-state index in [4.69, 9.17) is 4.98 Å². The van der Waals surface area contributed by atoms with Crippen molar-refractivity contribution in [3.8, 4) is 11.3 Å². The smallest absolute Gasteiger partial charge is 0.224 e. The number of hydrogen-bond donors (Lipinski definition) is 1. The molecule has 1 amide bonds. The highest BCUT2D eigenvalue weighted by Gasteiger charge is 2.15. The summed E-state index contributed by atoms with van der Waals surface area (Å²) in [6.07, 6.45) is 3.02. The topological polar surface area (TPSA) is 46.4 Å². The summed E-state index contributed by atoms with van der Waals surface area (Å²) in [5.41, 5.74) is 7.09. The molecule has 2 aromatic heterocycles. The molecule has 140 valence electrons. The number of amides is 1. The fraction of sp³-hybridized carbons (Fsp3) is 0.167. The van der Waals surface area contributed by atoms with Crippen LogP contribution in [0.3, 0.4) is 0 Å². The minimum Gasteiger partial charge on any atom is -0.326 e. The number of anilines is 1. The molecule has 0 unspecified atom stereocenters. The van der Waals surface area contributed by atoms with Crippen LogP contribution in [0.15, 0.2) is 72.9 Å². The van der Waals surface area contributed by atoms with Crippen LogP contribution in [0.1, 0.15) is 23.2 Å². The van der Waals surface area contributed by atoms with Gasteiger partial charge in [0.2, 0.25) is 5.91 Å². The zero-order chi connectivity index (χ0) is 19.5. The third-order valence-electron chi connectivity index (χ3n) is 4.92. The Morgan fingerprint density at radius 3 is 2.57 bits per heavy atom. The lowest BCUT2D eigenvalue weighted by molar-refractivity contribution is -0.116. The standard InChI is InChI=1S/C24H23N3O/c1-17-11-12-20(18(2)16-17)25-23(28)14-13-21-24(19-8-4-3-5-9-19)26-22-10-6-7-15-27(21)22/h3-12,15-16H,13-14H2,1-2H3,(H,25,28). The molecule has 28 heavy (non-hydrogen) atoms. The Labute approximate surface area is 164 Å². The fourth-order valence-electron chi connectivity index (χ4n) is 3.51. The first-order chi connectivity index (χ1) is 13.6. The van der Waals surface area contributed by atoms with Crippen molar-refractivity contribution < 1.29 is 4.79 Å². The van der Waals surface area contributed by atoms with E-state index in [0.29, 0.717) is 12.8 Å². The molecular weight excluding hydrogens is 346 g/mol. The van der Waals surface area contributed by atoms with Gasteiger partial charge in [-0.25, -0.2) is 4.98 Å². The summed E-state index contributed by atoms with van der Waals surface area (Å²) in [4.78, 5) is 17.4. The lowest BCUT2D eigenvalue weighted by Gasteiger charge is -2.10. The molecule has 1 N–H and O–H groups in total. The second kappa shape index (κ2) is 7.69. The summed E-state index contributed by atoms with van der Waals surface area (Å²) in [6.45, 7) is 4.06. The Balaban J connectivity index is 1.58. The molecule has 4 aromatic rings. The molecule has 4 rings (SSSR count). The predicted octanol–water partition coefficient (Wildman–Crippen LogP) is 5.19. The third-order valence-corrected chi connectivity index (χ3v) is 4.92. The van der Waals surface area contributed by atoms with Gasteiger partial charge in [-0.15, -0.1) is 0 Å². The van der Waals surface area contributed by atoms with E-state index in [0.717, 1.165) is 33.8 Å². The number of fused-ring (bicyclic) bond motifs is 1. The molecule has 4 nitrogen and oxygen atoms in total. The van der Waals surface area contributed by atoms with Gasteiger partial charge in [0, 0.05) is 23.9 Å². The molecule has 0 atom stereocenters. The number of rotatable bonds is 5. The molecule has 2 heterocycles. The molecule has 0 radical (unpaired) electrons. The Kier molecular flexibility index (Phi) is 4.94. The normalized spacial score (nSPS) is 10.9. The summed E-state index contributed by atoms with van der Waals surface area (Å²) in [5.74, 6) is 0.0110. The molecule has 0 fully saturated rings. The van der Waals surface area contributed by atoms with Gasteiger partial charge in [-0.3, -0.25) is 4.79 Å². The number of pyridine rings is 1. The second-order valence-electron chi connectivity index (χ2n) is 7.07. The number of nitrogens with zero attached hydrogens (tertiary/aromatic N) is 2. The van der Waals surface area contributed by atoms with Crippen molar-refractivity contribution in [3.63, 3.8) is 0 Å². The van der Waals surface area contributed by atoms with Gasteiger partial charge in [0.25, 0.3) is 0 Å². The highest BCUT2D eigenvalue weighted by atomic mass is 16.1. The average Bonchev–Trinajstić information content (AvgIpc) is 3.08. The molecule has 0 bridgehead atoms. The first-order valence-corrected chi connectivity index (χ1v) is 9.50. The lowest BCUT2D eigenvalue weighted by Crippen LogP contribution is -2.14. The van der Waals surface area contributed by atoms with Crippen molar-refractivity contribution in [1.29, 1.82) is 0 Å².